The Kier molecular flexibility index (Phi) is 3.99. The van der Waals surface area contributed by atoms with Crippen LogP contribution in [0.1, 0.15) is 17.9 Å². The third-order valence-electron chi connectivity index (χ3n) is 3.82. The lowest BCUT2D eigenvalue weighted by Gasteiger charge is -2.11. The van der Waals surface area contributed by atoms with Gasteiger partial charge in [-0.2, -0.15) is 0 Å². The molecule has 0 aromatic heterocycles. The molecule has 2 aromatic carbocycles. The molecule has 1 saturated heterocycles. The summed E-state index contributed by atoms with van der Waals surface area (Å²) in [5, 5.41) is 9.29. The molecule has 1 atom stereocenters. The van der Waals surface area contributed by atoms with Crippen molar-refractivity contribution >= 4 is 11.8 Å². The van der Waals surface area contributed by atoms with E-state index in [-0.39, 0.29) is 0 Å². The van der Waals surface area contributed by atoms with Gasteiger partial charge >= 0.3 is 0 Å². The highest BCUT2D eigenvalue weighted by Gasteiger charge is 2.20. The molecule has 1 aliphatic heterocycles. The first-order valence-corrected chi connectivity index (χ1v) is 7.78. The third kappa shape index (κ3) is 3.17. The van der Waals surface area contributed by atoms with Gasteiger partial charge in [-0.1, -0.05) is 23.9 Å². The predicted octanol–water partition coefficient (Wildman–Crippen LogP) is 3.96. The van der Waals surface area contributed by atoms with Gasteiger partial charge in [0.1, 0.15) is 5.75 Å². The van der Waals surface area contributed by atoms with Crippen LogP contribution in [0.5, 0.6) is 5.75 Å². The van der Waals surface area contributed by atoms with Gasteiger partial charge in [0.2, 0.25) is 0 Å². The van der Waals surface area contributed by atoms with Crippen molar-refractivity contribution in [3.8, 4) is 5.75 Å². The summed E-state index contributed by atoms with van der Waals surface area (Å²) in [6.45, 7) is 2.37. The Morgan fingerprint density at radius 2 is 1.60 bits per heavy atom. The summed E-state index contributed by atoms with van der Waals surface area (Å²) in [5.41, 5.74) is 1.45. The second-order valence-electron chi connectivity index (χ2n) is 5.41. The van der Waals surface area contributed by atoms with E-state index in [0.29, 0.717) is 11.7 Å². The van der Waals surface area contributed by atoms with Crippen LogP contribution >= 0.6 is 11.8 Å². The smallest absolute Gasteiger partial charge is 0.115 e. The lowest BCUT2D eigenvalue weighted by molar-refractivity contribution is 0.411. The number of nitrogens with zero attached hydrogens (tertiary/aromatic N) is 1. The number of rotatable bonds is 3. The fraction of sp³-hybridized carbons (Fsp3) is 0.294. The Morgan fingerprint density at radius 1 is 1.00 bits per heavy atom. The number of hydrogen-bond donors (Lipinski definition) is 1. The van der Waals surface area contributed by atoms with Crippen molar-refractivity contribution in [1.82, 2.24) is 4.90 Å². The molecule has 1 heterocycles. The van der Waals surface area contributed by atoms with E-state index in [9.17, 15) is 5.11 Å². The average Bonchev–Trinajstić information content (AvgIpc) is 2.89. The van der Waals surface area contributed by atoms with Crippen molar-refractivity contribution in [2.45, 2.75) is 22.1 Å². The van der Waals surface area contributed by atoms with Crippen LogP contribution in [-0.4, -0.2) is 30.1 Å². The Morgan fingerprint density at radius 3 is 2.15 bits per heavy atom. The maximum absolute atomic E-state index is 9.29. The molecule has 0 bridgehead atoms. The maximum Gasteiger partial charge on any atom is 0.115 e. The van der Waals surface area contributed by atoms with Crippen LogP contribution in [0.3, 0.4) is 0 Å². The topological polar surface area (TPSA) is 23.5 Å². The molecule has 1 unspecified atom stereocenters. The quantitative estimate of drug-likeness (QED) is 0.923. The van der Waals surface area contributed by atoms with Crippen molar-refractivity contribution in [3.63, 3.8) is 0 Å². The number of likely N-dealkylation sites (N-methyl/N-ethyl adjacent to an activating group) is 1. The molecule has 0 aliphatic carbocycles. The van der Waals surface area contributed by atoms with Crippen molar-refractivity contribution in [1.29, 1.82) is 0 Å². The van der Waals surface area contributed by atoms with Crippen LogP contribution in [0, 0.1) is 0 Å². The van der Waals surface area contributed by atoms with E-state index in [0.717, 1.165) is 4.90 Å². The molecule has 1 aliphatic rings. The number of benzene rings is 2. The highest BCUT2D eigenvalue weighted by atomic mass is 32.2. The molecule has 0 amide bonds. The van der Waals surface area contributed by atoms with Crippen LogP contribution in [0.2, 0.25) is 0 Å². The van der Waals surface area contributed by atoms with Crippen molar-refractivity contribution in [2.75, 3.05) is 20.1 Å². The zero-order valence-corrected chi connectivity index (χ0v) is 12.4. The van der Waals surface area contributed by atoms with Gasteiger partial charge < -0.3 is 10.0 Å². The Bertz CT molecular complexity index is 565. The monoisotopic (exact) mass is 285 g/mol. The number of aromatic hydroxyl groups is 1. The zero-order chi connectivity index (χ0) is 13.9. The van der Waals surface area contributed by atoms with Crippen LogP contribution < -0.4 is 0 Å². The van der Waals surface area contributed by atoms with Crippen LogP contribution in [0.15, 0.2) is 58.3 Å². The van der Waals surface area contributed by atoms with Gasteiger partial charge in [-0.25, -0.2) is 0 Å². The number of likely N-dealkylation sites (tertiary alicyclic amines) is 1. The van der Waals surface area contributed by atoms with Crippen LogP contribution in [0.25, 0.3) is 0 Å². The minimum atomic E-state index is 0.315. The fourth-order valence-electron chi connectivity index (χ4n) is 2.67. The molecule has 3 heteroatoms. The minimum absolute atomic E-state index is 0.315. The van der Waals surface area contributed by atoms with Gasteiger partial charge in [-0.05, 0) is 67.9 Å². The molecule has 3 rings (SSSR count). The molecule has 20 heavy (non-hydrogen) atoms. The standard InChI is InChI=1S/C17H19NOS/c1-18-11-10-14(12-18)13-2-6-16(7-3-13)20-17-8-4-15(19)5-9-17/h2-9,14,19H,10-12H2,1H3. The van der Waals surface area contributed by atoms with E-state index in [1.165, 1.54) is 30.0 Å². The molecule has 104 valence electrons. The highest BCUT2D eigenvalue weighted by molar-refractivity contribution is 7.99. The van der Waals surface area contributed by atoms with Gasteiger partial charge in [-0.3, -0.25) is 0 Å². The molecular weight excluding hydrogens is 266 g/mol. The van der Waals surface area contributed by atoms with E-state index in [2.05, 4.69) is 36.2 Å². The summed E-state index contributed by atoms with van der Waals surface area (Å²) in [6.07, 6.45) is 1.26. The molecule has 0 spiro atoms. The van der Waals surface area contributed by atoms with Gasteiger partial charge in [-0.15, -0.1) is 0 Å². The fourth-order valence-corrected chi connectivity index (χ4v) is 3.48. The average molecular weight is 285 g/mol. The number of phenolic OH excluding ortho intramolecular Hbond substituents is 1. The largest absolute Gasteiger partial charge is 0.508 e. The molecule has 0 radical (unpaired) electrons. The van der Waals surface area contributed by atoms with E-state index < -0.39 is 0 Å². The Labute approximate surface area is 124 Å². The van der Waals surface area contributed by atoms with Crippen LogP contribution in [-0.2, 0) is 0 Å². The summed E-state index contributed by atoms with van der Waals surface area (Å²) >= 11 is 1.73. The van der Waals surface area contributed by atoms with E-state index >= 15 is 0 Å². The van der Waals surface area contributed by atoms with Gasteiger partial charge in [0.05, 0.1) is 0 Å². The van der Waals surface area contributed by atoms with Gasteiger partial charge in [0, 0.05) is 16.3 Å². The molecule has 2 nitrogen and oxygen atoms in total. The number of phenols is 1. The van der Waals surface area contributed by atoms with Crippen molar-refractivity contribution in [3.05, 3.63) is 54.1 Å². The van der Waals surface area contributed by atoms with E-state index in [1.807, 2.05) is 12.1 Å². The first kappa shape index (κ1) is 13.5. The zero-order valence-electron chi connectivity index (χ0n) is 11.6. The summed E-state index contributed by atoms with van der Waals surface area (Å²) < 4.78 is 0. The van der Waals surface area contributed by atoms with E-state index in [4.69, 9.17) is 0 Å². The molecular formula is C17H19NOS. The maximum atomic E-state index is 9.29. The predicted molar refractivity (Wildman–Crippen MR) is 83.5 cm³/mol. The Hall–Kier alpha value is -1.45. The second kappa shape index (κ2) is 5.90. The summed E-state index contributed by atoms with van der Waals surface area (Å²) in [6, 6.07) is 16.3. The number of hydrogen-bond acceptors (Lipinski definition) is 3. The van der Waals surface area contributed by atoms with Crippen molar-refractivity contribution < 1.29 is 5.11 Å². The molecule has 2 aromatic rings. The lowest BCUT2D eigenvalue weighted by atomic mass is 9.99. The van der Waals surface area contributed by atoms with Gasteiger partial charge in [0.15, 0.2) is 0 Å². The first-order chi connectivity index (χ1) is 9.70. The van der Waals surface area contributed by atoms with E-state index in [1.54, 1.807) is 23.9 Å². The molecule has 1 N–H and O–H groups in total. The molecule has 0 saturated carbocycles. The normalized spacial score (nSPS) is 19.4. The second-order valence-corrected chi connectivity index (χ2v) is 6.56. The summed E-state index contributed by atoms with van der Waals surface area (Å²) in [5.74, 6) is 1.00. The van der Waals surface area contributed by atoms with Crippen molar-refractivity contribution in [2.24, 2.45) is 0 Å². The first-order valence-electron chi connectivity index (χ1n) is 6.96. The summed E-state index contributed by atoms with van der Waals surface area (Å²) in [4.78, 5) is 4.78. The minimum Gasteiger partial charge on any atom is -0.508 e. The lowest BCUT2D eigenvalue weighted by Crippen LogP contribution is -2.13. The summed E-state index contributed by atoms with van der Waals surface area (Å²) in [7, 11) is 2.19. The Balaban J connectivity index is 1.68. The molecule has 1 fully saturated rings. The van der Waals surface area contributed by atoms with Gasteiger partial charge in [0.25, 0.3) is 0 Å². The van der Waals surface area contributed by atoms with Crippen LogP contribution in [0.4, 0.5) is 0 Å². The SMILES string of the molecule is CN1CCC(c2ccc(Sc3ccc(O)cc3)cc2)C1. The third-order valence-corrected chi connectivity index (χ3v) is 4.83. The highest BCUT2D eigenvalue weighted by Crippen LogP contribution is 2.31.